The molecule has 1 aliphatic heterocycles. The Kier molecular flexibility index (Phi) is 6.38. The highest BCUT2D eigenvalue weighted by Gasteiger charge is 2.35. The third-order valence-electron chi connectivity index (χ3n) is 4.00. The second-order valence-electron chi connectivity index (χ2n) is 5.00. The van der Waals surface area contributed by atoms with Crippen LogP contribution in [0.15, 0.2) is 25.3 Å². The molecular weight excluding hydrogens is 195 g/mol. The molecular formula is C14H25Al. The van der Waals surface area contributed by atoms with Crippen molar-refractivity contribution in [2.24, 2.45) is 11.8 Å². The number of rotatable bonds is 7. The Bertz CT molecular complexity index is 178. The molecule has 0 spiro atoms. The van der Waals surface area contributed by atoms with Crippen molar-refractivity contribution in [2.75, 3.05) is 0 Å². The first-order valence-corrected chi connectivity index (χ1v) is 8.98. The summed E-state index contributed by atoms with van der Waals surface area (Å²) in [4.78, 5) is 0. The molecule has 0 N–H and O–H groups in total. The average Bonchev–Trinajstić information content (AvgIpc) is 2.66. The van der Waals surface area contributed by atoms with Gasteiger partial charge in [0, 0.05) is 0 Å². The van der Waals surface area contributed by atoms with Crippen molar-refractivity contribution in [1.82, 2.24) is 0 Å². The maximum Gasteiger partial charge on any atom is 0.262 e. The van der Waals surface area contributed by atoms with Gasteiger partial charge in [0.05, 0.1) is 0 Å². The van der Waals surface area contributed by atoms with Crippen LogP contribution in [-0.2, 0) is 0 Å². The molecule has 2 atom stereocenters. The van der Waals surface area contributed by atoms with Crippen molar-refractivity contribution in [3.63, 3.8) is 0 Å². The van der Waals surface area contributed by atoms with Crippen molar-refractivity contribution >= 4 is 14.1 Å². The monoisotopic (exact) mass is 220 g/mol. The Morgan fingerprint density at radius 3 is 1.87 bits per heavy atom. The summed E-state index contributed by atoms with van der Waals surface area (Å²) >= 11 is -0.330. The third kappa shape index (κ3) is 4.17. The summed E-state index contributed by atoms with van der Waals surface area (Å²) in [5, 5.41) is 4.72. The maximum atomic E-state index is 3.84. The number of hydrogen-bond acceptors (Lipinski definition) is 0. The standard InChI is InChI=1S/C12H20.C2H5.Al/c1-5-7-9-11(3)12(4)10-8-6-2;1-2;/h5-6,11-12H,1-4,7-10H2;1H2,2H3;. The summed E-state index contributed by atoms with van der Waals surface area (Å²) in [6.07, 6.45) is 9.42. The maximum absolute atomic E-state index is 3.84. The van der Waals surface area contributed by atoms with Crippen molar-refractivity contribution in [1.29, 1.82) is 0 Å². The highest BCUT2D eigenvalue weighted by atomic mass is 27.2. The number of hydrogen-bond donors (Lipinski definition) is 0. The zero-order valence-corrected chi connectivity index (χ0v) is 11.4. The lowest BCUT2D eigenvalue weighted by molar-refractivity contribution is 0.370. The molecule has 0 aromatic heterocycles. The molecule has 0 aliphatic carbocycles. The first-order valence-electron chi connectivity index (χ1n) is 6.53. The van der Waals surface area contributed by atoms with Gasteiger partial charge in [0.25, 0.3) is 14.1 Å². The molecule has 0 aromatic carbocycles. The van der Waals surface area contributed by atoms with Crippen LogP contribution in [-0.4, -0.2) is 14.1 Å². The van der Waals surface area contributed by atoms with Crippen LogP contribution in [0.3, 0.4) is 0 Å². The van der Waals surface area contributed by atoms with E-state index in [4.69, 9.17) is 0 Å². The average molecular weight is 220 g/mol. The van der Waals surface area contributed by atoms with E-state index in [0.29, 0.717) is 0 Å². The first-order chi connectivity index (χ1) is 7.31. The molecule has 1 heterocycles. The molecule has 1 fully saturated rings. The Labute approximate surface area is 99.8 Å². The molecule has 0 aromatic rings. The van der Waals surface area contributed by atoms with E-state index in [1.807, 2.05) is 0 Å². The Morgan fingerprint density at radius 2 is 1.53 bits per heavy atom. The van der Waals surface area contributed by atoms with Gasteiger partial charge < -0.3 is 0 Å². The Balaban J connectivity index is 2.41. The van der Waals surface area contributed by atoms with Crippen molar-refractivity contribution < 1.29 is 0 Å². The van der Waals surface area contributed by atoms with Gasteiger partial charge in [-0.05, 0) is 25.7 Å². The lowest BCUT2D eigenvalue weighted by atomic mass is 9.88. The summed E-state index contributed by atoms with van der Waals surface area (Å²) in [6.45, 7) is 10.1. The van der Waals surface area contributed by atoms with Gasteiger partial charge in [-0.15, -0.1) is 13.2 Å². The predicted molar refractivity (Wildman–Crippen MR) is 71.7 cm³/mol. The quantitative estimate of drug-likeness (QED) is 0.431. The lowest BCUT2D eigenvalue weighted by Crippen LogP contribution is -2.06. The molecule has 0 radical (unpaired) electrons. The highest BCUT2D eigenvalue weighted by molar-refractivity contribution is 6.59. The summed E-state index contributed by atoms with van der Waals surface area (Å²) in [7, 11) is 0. The van der Waals surface area contributed by atoms with Crippen molar-refractivity contribution in [3.05, 3.63) is 25.3 Å². The second kappa shape index (κ2) is 7.31. The first kappa shape index (κ1) is 13.1. The van der Waals surface area contributed by atoms with E-state index in [0.717, 1.165) is 11.8 Å². The summed E-state index contributed by atoms with van der Waals surface area (Å²) in [6, 6.07) is 0. The SMILES string of the molecule is C=CCCC1[CH2][Al]([CH2]C)[CH2]C1CCC=C. The fourth-order valence-corrected chi connectivity index (χ4v) is 6.85. The summed E-state index contributed by atoms with van der Waals surface area (Å²) in [5.41, 5.74) is 0. The molecule has 0 amide bonds. The zero-order chi connectivity index (χ0) is 11.1. The molecule has 1 heteroatoms. The molecule has 0 saturated carbocycles. The van der Waals surface area contributed by atoms with Crippen molar-refractivity contribution in [2.45, 2.75) is 48.5 Å². The van der Waals surface area contributed by atoms with Crippen LogP contribution < -0.4 is 0 Å². The summed E-state index contributed by atoms with van der Waals surface area (Å²) < 4.78 is 0. The van der Waals surface area contributed by atoms with Crippen LogP contribution in [0.5, 0.6) is 0 Å². The molecule has 0 bridgehead atoms. The van der Waals surface area contributed by atoms with E-state index in [9.17, 15) is 0 Å². The van der Waals surface area contributed by atoms with Gasteiger partial charge in [0.2, 0.25) is 0 Å². The Hall–Kier alpha value is 0.0125. The third-order valence-corrected chi connectivity index (χ3v) is 7.70. The van der Waals surface area contributed by atoms with E-state index in [1.165, 1.54) is 31.0 Å². The normalized spacial score (nSPS) is 25.5. The van der Waals surface area contributed by atoms with Crippen LogP contribution >= 0.6 is 0 Å². The van der Waals surface area contributed by atoms with Crippen LogP contribution in [0, 0.1) is 11.8 Å². The largest absolute Gasteiger partial charge is 0.262 e. The topological polar surface area (TPSA) is 0 Å². The second-order valence-corrected chi connectivity index (χ2v) is 8.49. The van der Waals surface area contributed by atoms with Gasteiger partial charge in [0.1, 0.15) is 0 Å². The molecule has 84 valence electrons. The minimum atomic E-state index is -0.330. The molecule has 15 heavy (non-hydrogen) atoms. The van der Waals surface area contributed by atoms with Gasteiger partial charge in [-0.3, -0.25) is 0 Å². The minimum Gasteiger partial charge on any atom is -0.103 e. The van der Waals surface area contributed by atoms with Gasteiger partial charge in [-0.25, -0.2) is 0 Å². The van der Waals surface area contributed by atoms with Crippen LogP contribution in [0.25, 0.3) is 0 Å². The van der Waals surface area contributed by atoms with Gasteiger partial charge in [-0.2, -0.15) is 0 Å². The molecule has 1 rings (SSSR count). The van der Waals surface area contributed by atoms with E-state index in [-0.39, 0.29) is 14.1 Å². The predicted octanol–water partition coefficient (Wildman–Crippen LogP) is 4.68. The van der Waals surface area contributed by atoms with Gasteiger partial charge >= 0.3 is 0 Å². The van der Waals surface area contributed by atoms with Crippen LogP contribution in [0.4, 0.5) is 0 Å². The van der Waals surface area contributed by atoms with E-state index >= 15 is 0 Å². The molecule has 1 aliphatic rings. The van der Waals surface area contributed by atoms with E-state index < -0.39 is 0 Å². The fourth-order valence-electron chi connectivity index (χ4n) is 3.04. The van der Waals surface area contributed by atoms with Crippen LogP contribution in [0.2, 0.25) is 15.8 Å². The zero-order valence-electron chi connectivity index (χ0n) is 10.3. The highest BCUT2D eigenvalue weighted by Crippen LogP contribution is 2.40. The van der Waals surface area contributed by atoms with Crippen molar-refractivity contribution in [3.8, 4) is 0 Å². The van der Waals surface area contributed by atoms with E-state index in [2.05, 4.69) is 32.2 Å². The van der Waals surface area contributed by atoms with E-state index in [1.54, 1.807) is 10.6 Å². The lowest BCUT2D eigenvalue weighted by Gasteiger charge is -2.19. The minimum absolute atomic E-state index is 0.330. The smallest absolute Gasteiger partial charge is 0.103 e. The molecule has 0 nitrogen and oxygen atoms in total. The Morgan fingerprint density at radius 1 is 1.07 bits per heavy atom. The van der Waals surface area contributed by atoms with Gasteiger partial charge in [-0.1, -0.05) is 46.8 Å². The molecule has 2 unspecified atom stereocenters. The number of allylic oxidation sites excluding steroid dienone is 2. The van der Waals surface area contributed by atoms with Gasteiger partial charge in [0.15, 0.2) is 0 Å². The van der Waals surface area contributed by atoms with Crippen LogP contribution in [0.1, 0.15) is 32.6 Å². The fraction of sp³-hybridized carbons (Fsp3) is 0.714. The molecule has 1 saturated heterocycles. The summed E-state index contributed by atoms with van der Waals surface area (Å²) in [5.74, 6) is 2.05.